The maximum absolute atomic E-state index is 11.7. The molecule has 1 heterocycles. The molecule has 1 atom stereocenters. The number of ether oxygens (including phenoxy) is 2. The molecular formula is C14H24N2O3. The van der Waals surface area contributed by atoms with Gasteiger partial charge in [-0.05, 0) is 12.0 Å². The van der Waals surface area contributed by atoms with Crippen molar-refractivity contribution >= 4 is 5.69 Å². The third kappa shape index (κ3) is 5.04. The summed E-state index contributed by atoms with van der Waals surface area (Å²) in [5, 5.41) is 3.40. The average Bonchev–Trinajstić information content (AvgIpc) is 2.38. The van der Waals surface area contributed by atoms with Crippen LogP contribution in [0.1, 0.15) is 13.8 Å². The molecular weight excluding hydrogens is 244 g/mol. The summed E-state index contributed by atoms with van der Waals surface area (Å²) in [6.07, 6.45) is 1.83. The van der Waals surface area contributed by atoms with Crippen molar-refractivity contribution < 1.29 is 9.47 Å². The normalized spacial score (nSPS) is 12.7. The number of anilines is 1. The molecule has 0 bridgehead atoms. The molecule has 19 heavy (non-hydrogen) atoms. The first-order chi connectivity index (χ1) is 9.08. The number of hydrogen-bond acceptors (Lipinski definition) is 4. The van der Waals surface area contributed by atoms with Gasteiger partial charge in [-0.1, -0.05) is 13.8 Å². The summed E-state index contributed by atoms with van der Waals surface area (Å²) in [5.74, 6) is 0.444. The molecule has 1 aromatic rings. The van der Waals surface area contributed by atoms with E-state index in [1.165, 1.54) is 0 Å². The van der Waals surface area contributed by atoms with E-state index in [1.807, 2.05) is 6.20 Å². The Morgan fingerprint density at radius 1 is 1.26 bits per heavy atom. The van der Waals surface area contributed by atoms with E-state index >= 15 is 0 Å². The molecule has 1 N–H and O–H groups in total. The fourth-order valence-electron chi connectivity index (χ4n) is 1.78. The SMILES string of the molecule is COCCn1cc(NC(COC)C(C)C)ccc1=O. The molecule has 0 saturated carbocycles. The zero-order valence-corrected chi connectivity index (χ0v) is 12.2. The molecule has 5 heteroatoms. The van der Waals surface area contributed by atoms with Gasteiger partial charge in [0.25, 0.3) is 5.56 Å². The van der Waals surface area contributed by atoms with Crippen molar-refractivity contribution in [2.45, 2.75) is 26.4 Å². The fourth-order valence-corrected chi connectivity index (χ4v) is 1.78. The van der Waals surface area contributed by atoms with Crippen molar-refractivity contribution in [2.24, 2.45) is 5.92 Å². The number of nitrogens with zero attached hydrogens (tertiary/aromatic N) is 1. The number of nitrogens with one attached hydrogen (secondary N) is 1. The van der Waals surface area contributed by atoms with E-state index in [2.05, 4.69) is 19.2 Å². The van der Waals surface area contributed by atoms with Crippen molar-refractivity contribution in [3.8, 4) is 0 Å². The largest absolute Gasteiger partial charge is 0.383 e. The van der Waals surface area contributed by atoms with Crippen LogP contribution in [-0.2, 0) is 16.0 Å². The van der Waals surface area contributed by atoms with Crippen molar-refractivity contribution in [1.29, 1.82) is 0 Å². The Kier molecular flexibility index (Phi) is 6.59. The molecule has 0 amide bonds. The highest BCUT2D eigenvalue weighted by molar-refractivity contribution is 5.41. The smallest absolute Gasteiger partial charge is 0.250 e. The van der Waals surface area contributed by atoms with E-state index in [0.29, 0.717) is 25.7 Å². The topological polar surface area (TPSA) is 52.5 Å². The first-order valence-electron chi connectivity index (χ1n) is 6.53. The number of pyridine rings is 1. The van der Waals surface area contributed by atoms with Gasteiger partial charge in [0, 0.05) is 33.0 Å². The molecule has 5 nitrogen and oxygen atoms in total. The summed E-state index contributed by atoms with van der Waals surface area (Å²) in [5.41, 5.74) is 0.905. The van der Waals surface area contributed by atoms with Crippen molar-refractivity contribution in [3.63, 3.8) is 0 Å². The second-order valence-corrected chi connectivity index (χ2v) is 4.89. The molecule has 108 valence electrons. The first-order valence-corrected chi connectivity index (χ1v) is 6.53. The van der Waals surface area contributed by atoms with Gasteiger partial charge in [0.2, 0.25) is 0 Å². The zero-order valence-electron chi connectivity index (χ0n) is 12.2. The minimum atomic E-state index is -0.0181. The summed E-state index contributed by atoms with van der Waals surface area (Å²) in [7, 11) is 3.32. The molecule has 0 fully saturated rings. The summed E-state index contributed by atoms with van der Waals surface area (Å²) < 4.78 is 11.9. The summed E-state index contributed by atoms with van der Waals surface area (Å²) >= 11 is 0. The van der Waals surface area contributed by atoms with Gasteiger partial charge in [0.15, 0.2) is 0 Å². The Labute approximate surface area is 114 Å². The summed E-state index contributed by atoms with van der Waals surface area (Å²) in [4.78, 5) is 11.7. The van der Waals surface area contributed by atoms with Crippen LogP contribution in [0.2, 0.25) is 0 Å². The molecule has 1 aromatic heterocycles. The van der Waals surface area contributed by atoms with Gasteiger partial charge in [-0.3, -0.25) is 4.79 Å². The maximum Gasteiger partial charge on any atom is 0.250 e. The van der Waals surface area contributed by atoms with Crippen LogP contribution in [0.4, 0.5) is 5.69 Å². The fraction of sp³-hybridized carbons (Fsp3) is 0.643. The molecule has 0 saturated heterocycles. The quantitative estimate of drug-likeness (QED) is 0.777. The second kappa shape index (κ2) is 7.96. The Balaban J connectivity index is 2.80. The third-order valence-corrected chi connectivity index (χ3v) is 3.02. The van der Waals surface area contributed by atoms with Crippen LogP contribution in [0.5, 0.6) is 0 Å². The van der Waals surface area contributed by atoms with Crippen molar-refractivity contribution in [2.75, 3.05) is 32.8 Å². The van der Waals surface area contributed by atoms with Crippen LogP contribution in [0.15, 0.2) is 23.1 Å². The lowest BCUT2D eigenvalue weighted by atomic mass is 10.1. The number of aromatic nitrogens is 1. The predicted molar refractivity (Wildman–Crippen MR) is 76.7 cm³/mol. The molecule has 1 rings (SSSR count). The number of methoxy groups -OCH3 is 2. The minimum absolute atomic E-state index is 0.0181. The molecule has 0 spiro atoms. The van der Waals surface area contributed by atoms with Crippen molar-refractivity contribution in [1.82, 2.24) is 4.57 Å². The molecule has 1 unspecified atom stereocenters. The van der Waals surface area contributed by atoms with Gasteiger partial charge >= 0.3 is 0 Å². The highest BCUT2D eigenvalue weighted by atomic mass is 16.5. The molecule has 0 aromatic carbocycles. The van der Waals surface area contributed by atoms with Crippen LogP contribution in [0.25, 0.3) is 0 Å². The standard InChI is InChI=1S/C14H24N2O3/c1-11(2)13(10-19-4)15-12-5-6-14(17)16(9-12)7-8-18-3/h5-6,9,11,13,15H,7-8,10H2,1-4H3. The molecule has 0 aliphatic carbocycles. The average molecular weight is 268 g/mol. The lowest BCUT2D eigenvalue weighted by molar-refractivity contribution is 0.171. The van der Waals surface area contributed by atoms with E-state index in [-0.39, 0.29) is 11.6 Å². The van der Waals surface area contributed by atoms with Crippen LogP contribution >= 0.6 is 0 Å². The van der Waals surface area contributed by atoms with Gasteiger partial charge in [0.1, 0.15) is 0 Å². The van der Waals surface area contributed by atoms with Gasteiger partial charge in [0.05, 0.1) is 24.9 Å². The van der Waals surface area contributed by atoms with E-state index in [4.69, 9.17) is 9.47 Å². The van der Waals surface area contributed by atoms with E-state index in [1.54, 1.807) is 30.9 Å². The highest BCUT2D eigenvalue weighted by Gasteiger charge is 2.13. The van der Waals surface area contributed by atoms with Crippen LogP contribution in [-0.4, -0.2) is 38.0 Å². The van der Waals surface area contributed by atoms with E-state index < -0.39 is 0 Å². The van der Waals surface area contributed by atoms with Gasteiger partial charge in [-0.2, -0.15) is 0 Å². The zero-order chi connectivity index (χ0) is 14.3. The Hall–Kier alpha value is -1.33. The van der Waals surface area contributed by atoms with Crippen molar-refractivity contribution in [3.05, 3.63) is 28.7 Å². The highest BCUT2D eigenvalue weighted by Crippen LogP contribution is 2.11. The first kappa shape index (κ1) is 15.7. The lowest BCUT2D eigenvalue weighted by Gasteiger charge is -2.23. The van der Waals surface area contributed by atoms with Crippen LogP contribution < -0.4 is 10.9 Å². The van der Waals surface area contributed by atoms with Crippen LogP contribution in [0, 0.1) is 5.92 Å². The van der Waals surface area contributed by atoms with Gasteiger partial charge in [-0.15, -0.1) is 0 Å². The Morgan fingerprint density at radius 3 is 2.58 bits per heavy atom. The maximum atomic E-state index is 11.7. The van der Waals surface area contributed by atoms with Crippen LogP contribution in [0.3, 0.4) is 0 Å². The second-order valence-electron chi connectivity index (χ2n) is 4.89. The van der Waals surface area contributed by atoms with Gasteiger partial charge in [-0.25, -0.2) is 0 Å². The van der Waals surface area contributed by atoms with E-state index in [0.717, 1.165) is 5.69 Å². The monoisotopic (exact) mass is 268 g/mol. The van der Waals surface area contributed by atoms with E-state index in [9.17, 15) is 4.79 Å². The number of hydrogen-bond donors (Lipinski definition) is 1. The third-order valence-electron chi connectivity index (χ3n) is 3.02. The predicted octanol–water partition coefficient (Wildman–Crippen LogP) is 1.58. The Bertz CT molecular complexity index is 429. The van der Waals surface area contributed by atoms with Gasteiger partial charge < -0.3 is 19.4 Å². The Morgan fingerprint density at radius 2 is 2.00 bits per heavy atom. The summed E-state index contributed by atoms with van der Waals surface area (Å²) in [6.45, 7) is 5.99. The molecule has 0 aliphatic rings. The molecule has 0 radical (unpaired) electrons. The number of rotatable bonds is 8. The molecule has 0 aliphatic heterocycles. The minimum Gasteiger partial charge on any atom is -0.383 e. The lowest BCUT2D eigenvalue weighted by Crippen LogP contribution is -2.31. The summed E-state index contributed by atoms with van der Waals surface area (Å²) in [6, 6.07) is 3.59.